The summed E-state index contributed by atoms with van der Waals surface area (Å²) in [5, 5.41) is 2.84. The van der Waals surface area contributed by atoms with E-state index in [4.69, 9.17) is 9.47 Å². The van der Waals surface area contributed by atoms with Gasteiger partial charge in [-0.15, -0.1) is 0 Å². The maximum Gasteiger partial charge on any atom is 0.408 e. The molecule has 0 heterocycles. The molecule has 0 aliphatic carbocycles. The molecule has 1 N–H and O–H groups in total. The fraction of sp³-hybridized carbons (Fsp3) is 0.529. The molecule has 1 unspecified atom stereocenters. The van der Waals surface area contributed by atoms with Crippen LogP contribution in [0.2, 0.25) is 0 Å². The third-order valence-corrected chi connectivity index (χ3v) is 2.83. The summed E-state index contributed by atoms with van der Waals surface area (Å²) in [5.74, 6) is -0.337. The van der Waals surface area contributed by atoms with Gasteiger partial charge in [-0.25, -0.2) is 4.79 Å². The van der Waals surface area contributed by atoms with Crippen molar-refractivity contribution >= 4 is 12.1 Å². The largest absolute Gasteiger partial charge is 0.463 e. The Morgan fingerprint density at radius 3 is 2.27 bits per heavy atom. The van der Waals surface area contributed by atoms with Gasteiger partial charge in [0.25, 0.3) is 0 Å². The zero-order valence-corrected chi connectivity index (χ0v) is 13.9. The number of ether oxygens (including phenoxy) is 2. The van der Waals surface area contributed by atoms with E-state index in [0.717, 1.165) is 5.56 Å². The van der Waals surface area contributed by atoms with Crippen molar-refractivity contribution < 1.29 is 19.1 Å². The third kappa shape index (κ3) is 7.11. The Kier molecular flexibility index (Phi) is 6.40. The highest BCUT2D eigenvalue weighted by Crippen LogP contribution is 2.20. The average molecular weight is 307 g/mol. The van der Waals surface area contributed by atoms with Crippen LogP contribution >= 0.6 is 0 Å². The van der Waals surface area contributed by atoms with Gasteiger partial charge in [0, 0.05) is 13.3 Å². The molecule has 0 aromatic heterocycles. The molecule has 0 spiro atoms. The minimum Gasteiger partial charge on any atom is -0.463 e. The number of esters is 1. The van der Waals surface area contributed by atoms with Crippen molar-refractivity contribution in [2.45, 2.75) is 58.8 Å². The molecule has 122 valence electrons. The van der Waals surface area contributed by atoms with E-state index in [0.29, 0.717) is 6.42 Å². The van der Waals surface area contributed by atoms with Gasteiger partial charge < -0.3 is 14.8 Å². The molecule has 0 fully saturated rings. The fourth-order valence-corrected chi connectivity index (χ4v) is 2.08. The van der Waals surface area contributed by atoms with Gasteiger partial charge >= 0.3 is 12.1 Å². The molecule has 0 radical (unpaired) electrons. The summed E-state index contributed by atoms with van der Waals surface area (Å²) in [6.45, 7) is 8.60. The molecular weight excluding hydrogens is 282 g/mol. The van der Waals surface area contributed by atoms with Crippen LogP contribution in [0.25, 0.3) is 0 Å². The fourth-order valence-electron chi connectivity index (χ4n) is 2.08. The molecule has 0 aliphatic heterocycles. The average Bonchev–Trinajstić information content (AvgIpc) is 2.35. The highest BCUT2D eigenvalue weighted by atomic mass is 16.6. The number of hydrogen-bond donors (Lipinski definition) is 1. The first kappa shape index (κ1) is 18.0. The number of hydrogen-bond acceptors (Lipinski definition) is 4. The normalized spacial score (nSPS) is 13.9. The number of carbonyl (C=O) groups is 2. The van der Waals surface area contributed by atoms with Crippen molar-refractivity contribution in [1.29, 1.82) is 0 Å². The van der Waals surface area contributed by atoms with Crippen LogP contribution in [0.5, 0.6) is 0 Å². The zero-order valence-electron chi connectivity index (χ0n) is 13.9. The zero-order chi connectivity index (χ0) is 16.8. The lowest BCUT2D eigenvalue weighted by Gasteiger charge is -2.25. The topological polar surface area (TPSA) is 64.6 Å². The lowest BCUT2D eigenvalue weighted by atomic mass is 10.0. The van der Waals surface area contributed by atoms with Crippen molar-refractivity contribution in [3.05, 3.63) is 35.9 Å². The summed E-state index contributed by atoms with van der Waals surface area (Å²) in [6, 6.07) is 9.25. The van der Waals surface area contributed by atoms with Crippen LogP contribution in [0.1, 0.15) is 52.6 Å². The minimum absolute atomic E-state index is 0.287. The van der Waals surface area contributed by atoms with E-state index in [1.165, 1.54) is 6.92 Å². The van der Waals surface area contributed by atoms with E-state index < -0.39 is 11.7 Å². The summed E-state index contributed by atoms with van der Waals surface area (Å²) >= 11 is 0. The van der Waals surface area contributed by atoms with Crippen molar-refractivity contribution in [3.63, 3.8) is 0 Å². The van der Waals surface area contributed by atoms with E-state index >= 15 is 0 Å². The second kappa shape index (κ2) is 7.82. The SMILES string of the molecule is CC(=O)O[C@H](C)CC(NC(=O)OC(C)(C)C)c1ccccc1. The molecular formula is C17H25NO4. The Balaban J connectivity index is 2.79. The lowest BCUT2D eigenvalue weighted by molar-refractivity contribution is -0.145. The number of benzene rings is 1. The van der Waals surface area contributed by atoms with Crippen LogP contribution in [-0.4, -0.2) is 23.8 Å². The van der Waals surface area contributed by atoms with E-state index in [1.807, 2.05) is 51.1 Å². The van der Waals surface area contributed by atoms with Crippen LogP contribution in [-0.2, 0) is 14.3 Å². The molecule has 2 atom stereocenters. The molecule has 0 saturated heterocycles. The van der Waals surface area contributed by atoms with Gasteiger partial charge in [0.1, 0.15) is 11.7 Å². The Bertz CT molecular complexity index is 493. The molecule has 0 aliphatic rings. The quantitative estimate of drug-likeness (QED) is 0.844. The van der Waals surface area contributed by atoms with Crippen molar-refractivity contribution in [1.82, 2.24) is 5.32 Å². The molecule has 1 aromatic carbocycles. The molecule has 5 nitrogen and oxygen atoms in total. The smallest absolute Gasteiger partial charge is 0.408 e. The summed E-state index contributed by atoms with van der Waals surface area (Å²) in [5.41, 5.74) is 0.375. The van der Waals surface area contributed by atoms with E-state index in [1.54, 1.807) is 6.92 Å². The molecule has 1 amide bonds. The van der Waals surface area contributed by atoms with Crippen LogP contribution in [0, 0.1) is 0 Å². The van der Waals surface area contributed by atoms with Crippen LogP contribution in [0.15, 0.2) is 30.3 Å². The third-order valence-electron chi connectivity index (χ3n) is 2.83. The lowest BCUT2D eigenvalue weighted by Crippen LogP contribution is -2.36. The van der Waals surface area contributed by atoms with Crippen molar-refractivity contribution in [2.24, 2.45) is 0 Å². The molecule has 1 aromatic rings. The Morgan fingerprint density at radius 1 is 1.18 bits per heavy atom. The van der Waals surface area contributed by atoms with Crippen molar-refractivity contribution in [3.8, 4) is 0 Å². The summed E-state index contributed by atoms with van der Waals surface area (Å²) in [7, 11) is 0. The predicted molar refractivity (Wildman–Crippen MR) is 84.4 cm³/mol. The second-order valence-corrected chi connectivity index (χ2v) is 6.27. The number of carbonyl (C=O) groups excluding carboxylic acids is 2. The molecule has 1 rings (SSSR count). The molecule has 5 heteroatoms. The highest BCUT2D eigenvalue weighted by molar-refractivity contribution is 5.68. The first-order valence-electron chi connectivity index (χ1n) is 7.39. The standard InChI is InChI=1S/C17H25NO4/c1-12(21-13(2)19)11-15(14-9-7-6-8-10-14)18-16(20)22-17(3,4)5/h6-10,12,15H,11H2,1-5H3,(H,18,20)/t12-,15?/m1/s1. The van der Waals surface area contributed by atoms with Crippen LogP contribution in [0.4, 0.5) is 4.79 Å². The highest BCUT2D eigenvalue weighted by Gasteiger charge is 2.22. The maximum atomic E-state index is 12.0. The minimum atomic E-state index is -0.563. The Morgan fingerprint density at radius 2 is 1.77 bits per heavy atom. The number of alkyl carbamates (subject to hydrolysis) is 1. The number of rotatable bonds is 5. The van der Waals surface area contributed by atoms with Gasteiger partial charge in [-0.2, -0.15) is 0 Å². The van der Waals surface area contributed by atoms with Gasteiger partial charge in [0.05, 0.1) is 6.04 Å². The van der Waals surface area contributed by atoms with E-state index in [9.17, 15) is 9.59 Å². The van der Waals surface area contributed by atoms with Gasteiger partial charge in [-0.3, -0.25) is 4.79 Å². The van der Waals surface area contributed by atoms with Gasteiger partial charge in [0.2, 0.25) is 0 Å². The summed E-state index contributed by atoms with van der Waals surface area (Å²) in [6.07, 6.45) is -0.322. The first-order valence-corrected chi connectivity index (χ1v) is 7.39. The molecule has 0 saturated carbocycles. The monoisotopic (exact) mass is 307 g/mol. The first-order chi connectivity index (χ1) is 10.2. The number of nitrogens with one attached hydrogen (secondary N) is 1. The van der Waals surface area contributed by atoms with Crippen molar-refractivity contribution in [2.75, 3.05) is 0 Å². The predicted octanol–water partition coefficient (Wildman–Crippen LogP) is 3.59. The van der Waals surface area contributed by atoms with E-state index in [2.05, 4.69) is 5.32 Å². The summed E-state index contributed by atoms with van der Waals surface area (Å²) in [4.78, 5) is 23.1. The molecule has 0 bridgehead atoms. The summed E-state index contributed by atoms with van der Waals surface area (Å²) < 4.78 is 10.4. The second-order valence-electron chi connectivity index (χ2n) is 6.27. The maximum absolute atomic E-state index is 12.0. The van der Waals surface area contributed by atoms with Gasteiger partial charge in [0.15, 0.2) is 0 Å². The number of amides is 1. The Labute approximate surface area is 132 Å². The van der Waals surface area contributed by atoms with E-state index in [-0.39, 0.29) is 18.1 Å². The Hall–Kier alpha value is -2.04. The van der Waals surface area contributed by atoms with Gasteiger partial charge in [-0.1, -0.05) is 30.3 Å². The molecule has 22 heavy (non-hydrogen) atoms. The van der Waals surface area contributed by atoms with Gasteiger partial charge in [-0.05, 0) is 33.3 Å². The van der Waals surface area contributed by atoms with Crippen LogP contribution in [0.3, 0.4) is 0 Å². The van der Waals surface area contributed by atoms with Crippen LogP contribution < -0.4 is 5.32 Å².